The van der Waals surface area contributed by atoms with E-state index in [2.05, 4.69) is 9.97 Å². The molecule has 0 radical (unpaired) electrons. The highest BCUT2D eigenvalue weighted by atomic mass is 16.3. The van der Waals surface area contributed by atoms with E-state index in [1.54, 1.807) is 11.1 Å². The van der Waals surface area contributed by atoms with Gasteiger partial charge in [0.2, 0.25) is 0 Å². The first-order chi connectivity index (χ1) is 8.16. The van der Waals surface area contributed by atoms with Gasteiger partial charge in [-0.25, -0.2) is 4.98 Å². The Bertz CT molecular complexity index is 595. The lowest BCUT2D eigenvalue weighted by atomic mass is 9.97. The SMILES string of the molecule is Bc1c[nH]c2ncc(N3CC[C@@H](O)C3=O)cc12. The van der Waals surface area contributed by atoms with E-state index in [4.69, 9.17) is 0 Å². The Morgan fingerprint density at radius 3 is 3.12 bits per heavy atom. The van der Waals surface area contributed by atoms with Gasteiger partial charge in [0.15, 0.2) is 0 Å². The maximum Gasteiger partial charge on any atom is 0.255 e. The van der Waals surface area contributed by atoms with E-state index in [0.29, 0.717) is 13.0 Å². The first-order valence-corrected chi connectivity index (χ1v) is 5.60. The monoisotopic (exact) mass is 229 g/mol. The van der Waals surface area contributed by atoms with Crippen LogP contribution in [0.2, 0.25) is 0 Å². The van der Waals surface area contributed by atoms with Crippen LogP contribution in [-0.2, 0) is 4.79 Å². The Morgan fingerprint density at radius 2 is 2.41 bits per heavy atom. The van der Waals surface area contributed by atoms with E-state index in [0.717, 1.165) is 22.2 Å². The van der Waals surface area contributed by atoms with Gasteiger partial charge in [-0.15, -0.1) is 0 Å². The molecule has 0 saturated carbocycles. The summed E-state index contributed by atoms with van der Waals surface area (Å²) in [6, 6.07) is 1.93. The molecule has 2 aromatic rings. The highest BCUT2D eigenvalue weighted by Crippen LogP contribution is 2.23. The van der Waals surface area contributed by atoms with E-state index in [1.807, 2.05) is 20.1 Å². The Balaban J connectivity index is 2.06. The number of carbonyl (C=O) groups excluding carboxylic acids is 1. The molecule has 1 atom stereocenters. The maximum absolute atomic E-state index is 11.7. The van der Waals surface area contributed by atoms with Crippen molar-refractivity contribution in [2.45, 2.75) is 12.5 Å². The second-order valence-corrected chi connectivity index (χ2v) is 4.36. The number of anilines is 1. The molecule has 1 amide bonds. The average Bonchev–Trinajstić information content (AvgIpc) is 2.85. The Labute approximate surface area is 98.9 Å². The molecule has 0 spiro atoms. The van der Waals surface area contributed by atoms with Crippen molar-refractivity contribution in [2.75, 3.05) is 11.4 Å². The highest BCUT2D eigenvalue weighted by Gasteiger charge is 2.31. The minimum absolute atomic E-state index is 0.237. The number of nitrogens with zero attached hydrogens (tertiary/aromatic N) is 2. The van der Waals surface area contributed by atoms with E-state index >= 15 is 0 Å². The predicted octanol–water partition coefficient (Wildman–Crippen LogP) is -1.08. The summed E-state index contributed by atoms with van der Waals surface area (Å²) in [5.74, 6) is -0.237. The molecule has 1 saturated heterocycles. The molecule has 3 rings (SSSR count). The number of carbonyl (C=O) groups is 1. The molecule has 2 N–H and O–H groups in total. The maximum atomic E-state index is 11.7. The lowest BCUT2D eigenvalue weighted by molar-refractivity contribution is -0.123. The zero-order valence-corrected chi connectivity index (χ0v) is 9.47. The zero-order valence-electron chi connectivity index (χ0n) is 9.47. The molecule has 0 unspecified atom stereocenters. The summed E-state index contributed by atoms with van der Waals surface area (Å²) in [7, 11) is 1.99. The molecule has 0 aliphatic carbocycles. The number of aliphatic hydroxyl groups is 1. The molecule has 6 heteroatoms. The van der Waals surface area contributed by atoms with Crippen molar-refractivity contribution < 1.29 is 9.90 Å². The summed E-state index contributed by atoms with van der Waals surface area (Å²) < 4.78 is 0. The molecule has 5 nitrogen and oxygen atoms in total. The molecular weight excluding hydrogens is 217 g/mol. The molecule has 3 heterocycles. The molecule has 0 aromatic carbocycles. The zero-order chi connectivity index (χ0) is 12.0. The van der Waals surface area contributed by atoms with Crippen molar-refractivity contribution in [3.8, 4) is 0 Å². The molecule has 1 aliphatic rings. The number of H-pyrrole nitrogens is 1. The minimum Gasteiger partial charge on any atom is -0.383 e. The van der Waals surface area contributed by atoms with Gasteiger partial charge in [-0.1, -0.05) is 5.46 Å². The van der Waals surface area contributed by atoms with Gasteiger partial charge in [-0.3, -0.25) is 4.79 Å². The average molecular weight is 229 g/mol. The van der Waals surface area contributed by atoms with Crippen molar-refractivity contribution in [1.82, 2.24) is 9.97 Å². The molecule has 1 aliphatic heterocycles. The standard InChI is InChI=1S/C11H12BN3O2/c12-8-5-14-10-7(8)3-6(4-13-10)15-2-1-9(16)11(15)17/h3-5,9,16H,1-2,12H2,(H,13,14)/t9-/m1/s1. The van der Waals surface area contributed by atoms with Gasteiger partial charge in [-0.05, 0) is 12.3 Å². The molecular formula is C11H12BN3O2. The molecule has 2 aromatic heterocycles. The third-order valence-electron chi connectivity index (χ3n) is 3.21. The predicted molar refractivity (Wildman–Crippen MR) is 67.2 cm³/mol. The quantitative estimate of drug-likeness (QED) is 0.611. The number of aromatic amines is 1. The highest BCUT2D eigenvalue weighted by molar-refractivity contribution is 6.38. The molecule has 17 heavy (non-hydrogen) atoms. The van der Waals surface area contributed by atoms with Crippen LogP contribution >= 0.6 is 0 Å². The largest absolute Gasteiger partial charge is 0.383 e. The van der Waals surface area contributed by atoms with Gasteiger partial charge in [0.1, 0.15) is 19.6 Å². The minimum atomic E-state index is -0.863. The van der Waals surface area contributed by atoms with Gasteiger partial charge >= 0.3 is 0 Å². The lowest BCUT2D eigenvalue weighted by Crippen LogP contribution is -2.29. The van der Waals surface area contributed by atoms with Crippen molar-refractivity contribution in [1.29, 1.82) is 0 Å². The van der Waals surface area contributed by atoms with Crippen LogP contribution in [0.5, 0.6) is 0 Å². The van der Waals surface area contributed by atoms with E-state index in [9.17, 15) is 9.90 Å². The number of amides is 1. The fraction of sp³-hybridized carbons (Fsp3) is 0.273. The summed E-state index contributed by atoms with van der Waals surface area (Å²) in [4.78, 5) is 20.6. The van der Waals surface area contributed by atoms with E-state index in [-0.39, 0.29) is 5.91 Å². The van der Waals surface area contributed by atoms with Crippen LogP contribution in [0.15, 0.2) is 18.5 Å². The van der Waals surface area contributed by atoms with Crippen molar-refractivity contribution in [3.63, 3.8) is 0 Å². The topological polar surface area (TPSA) is 69.2 Å². The summed E-state index contributed by atoms with van der Waals surface area (Å²) in [5.41, 5.74) is 2.67. The van der Waals surface area contributed by atoms with Crippen LogP contribution in [0.4, 0.5) is 5.69 Å². The molecule has 86 valence electrons. The number of pyridine rings is 1. The van der Waals surface area contributed by atoms with E-state index in [1.165, 1.54) is 0 Å². The van der Waals surface area contributed by atoms with Gasteiger partial charge in [-0.2, -0.15) is 0 Å². The summed E-state index contributed by atoms with van der Waals surface area (Å²) in [6.45, 7) is 0.552. The van der Waals surface area contributed by atoms with Crippen LogP contribution in [0, 0.1) is 0 Å². The fourth-order valence-electron chi connectivity index (χ4n) is 2.19. The number of rotatable bonds is 1. The van der Waals surface area contributed by atoms with Gasteiger partial charge in [0.05, 0.1) is 11.9 Å². The van der Waals surface area contributed by atoms with Crippen LogP contribution < -0.4 is 10.4 Å². The van der Waals surface area contributed by atoms with Crippen molar-refractivity contribution in [3.05, 3.63) is 18.5 Å². The Hall–Kier alpha value is -1.82. The normalized spacial score (nSPS) is 20.4. The Kier molecular flexibility index (Phi) is 2.19. The number of hydrogen-bond donors (Lipinski definition) is 2. The van der Waals surface area contributed by atoms with E-state index < -0.39 is 6.10 Å². The van der Waals surface area contributed by atoms with Gasteiger partial charge < -0.3 is 15.0 Å². The van der Waals surface area contributed by atoms with Gasteiger partial charge in [0.25, 0.3) is 5.91 Å². The second-order valence-electron chi connectivity index (χ2n) is 4.36. The number of fused-ring (bicyclic) bond motifs is 1. The number of nitrogens with one attached hydrogen (secondary N) is 1. The van der Waals surface area contributed by atoms with Crippen molar-refractivity contribution in [2.24, 2.45) is 0 Å². The summed E-state index contributed by atoms with van der Waals surface area (Å²) >= 11 is 0. The smallest absolute Gasteiger partial charge is 0.255 e. The fourth-order valence-corrected chi connectivity index (χ4v) is 2.19. The van der Waals surface area contributed by atoms with Crippen LogP contribution in [0.25, 0.3) is 11.0 Å². The number of hydrogen-bond acceptors (Lipinski definition) is 3. The van der Waals surface area contributed by atoms with Crippen LogP contribution in [-0.4, -0.2) is 41.5 Å². The first-order valence-electron chi connectivity index (χ1n) is 5.60. The van der Waals surface area contributed by atoms with Gasteiger partial charge in [0, 0.05) is 18.4 Å². The van der Waals surface area contributed by atoms with Crippen LogP contribution in [0.3, 0.4) is 0 Å². The van der Waals surface area contributed by atoms with Crippen molar-refractivity contribution >= 4 is 35.9 Å². The molecule has 0 bridgehead atoms. The number of aliphatic hydroxyl groups excluding tert-OH is 1. The summed E-state index contributed by atoms with van der Waals surface area (Å²) in [6.07, 6.45) is 3.18. The first kappa shape index (κ1) is 10.3. The summed E-state index contributed by atoms with van der Waals surface area (Å²) in [5, 5.41) is 10.5. The lowest BCUT2D eigenvalue weighted by Gasteiger charge is -2.15. The molecule has 1 fully saturated rings. The Morgan fingerprint density at radius 1 is 1.59 bits per heavy atom. The second kappa shape index (κ2) is 3.60. The third-order valence-corrected chi connectivity index (χ3v) is 3.21. The van der Waals surface area contributed by atoms with Crippen LogP contribution in [0.1, 0.15) is 6.42 Å². The third kappa shape index (κ3) is 1.52. The number of aromatic nitrogens is 2.